The van der Waals surface area contributed by atoms with E-state index < -0.39 is 0 Å². The number of carbonyl (C=O) groups excluding carboxylic acids is 1. The first-order valence-corrected chi connectivity index (χ1v) is 5.54. The van der Waals surface area contributed by atoms with Gasteiger partial charge in [0.1, 0.15) is 0 Å². The van der Waals surface area contributed by atoms with Crippen molar-refractivity contribution in [3.8, 4) is 0 Å². The zero-order chi connectivity index (χ0) is 10.6. The molecule has 1 aromatic rings. The summed E-state index contributed by atoms with van der Waals surface area (Å²) in [7, 11) is 1.43. The van der Waals surface area contributed by atoms with Crippen molar-refractivity contribution in [2.24, 2.45) is 5.92 Å². The second kappa shape index (κ2) is 5.10. The van der Waals surface area contributed by atoms with Crippen LogP contribution in [0, 0.1) is 12.8 Å². The zero-order valence-electron chi connectivity index (χ0n) is 8.74. The summed E-state index contributed by atoms with van der Waals surface area (Å²) in [5, 5.41) is 3.01. The predicted octanol–water partition coefficient (Wildman–Crippen LogP) is 2.19. The fourth-order valence-electron chi connectivity index (χ4n) is 1.27. The SMILES string of the molecule is CCC(Cc1nc(C)cs1)C(=O)OC. The lowest BCUT2D eigenvalue weighted by atomic mass is 10.0. The number of esters is 1. The summed E-state index contributed by atoms with van der Waals surface area (Å²) in [6.07, 6.45) is 1.49. The number of aryl methyl sites for hydroxylation is 1. The molecule has 0 aromatic carbocycles. The van der Waals surface area contributed by atoms with Gasteiger partial charge in [-0.3, -0.25) is 4.79 Å². The van der Waals surface area contributed by atoms with E-state index in [1.807, 2.05) is 19.2 Å². The van der Waals surface area contributed by atoms with Crippen LogP contribution in [-0.2, 0) is 16.0 Å². The molecule has 0 aliphatic carbocycles. The molecular formula is C10H15NO2S. The van der Waals surface area contributed by atoms with Crippen molar-refractivity contribution in [3.05, 3.63) is 16.1 Å². The third-order valence-corrected chi connectivity index (χ3v) is 3.10. The van der Waals surface area contributed by atoms with E-state index in [9.17, 15) is 4.79 Å². The number of thiazole rings is 1. The Labute approximate surface area is 88.1 Å². The lowest BCUT2D eigenvalue weighted by Gasteiger charge is -2.09. The molecule has 0 saturated carbocycles. The highest BCUT2D eigenvalue weighted by Gasteiger charge is 2.18. The van der Waals surface area contributed by atoms with Crippen LogP contribution in [0.3, 0.4) is 0 Å². The largest absolute Gasteiger partial charge is 0.469 e. The number of ether oxygens (including phenoxy) is 1. The van der Waals surface area contributed by atoms with Crippen LogP contribution in [0.4, 0.5) is 0 Å². The van der Waals surface area contributed by atoms with Crippen molar-refractivity contribution in [3.63, 3.8) is 0 Å². The van der Waals surface area contributed by atoms with Crippen LogP contribution in [0.1, 0.15) is 24.0 Å². The molecule has 0 N–H and O–H groups in total. The molecule has 0 saturated heterocycles. The minimum atomic E-state index is -0.139. The maximum atomic E-state index is 11.3. The van der Waals surface area contributed by atoms with Crippen LogP contribution in [0.2, 0.25) is 0 Å². The predicted molar refractivity (Wildman–Crippen MR) is 56.4 cm³/mol. The van der Waals surface area contributed by atoms with Gasteiger partial charge >= 0.3 is 5.97 Å². The number of hydrogen-bond donors (Lipinski definition) is 0. The summed E-state index contributed by atoms with van der Waals surface area (Å²) in [5.74, 6) is -0.189. The Hall–Kier alpha value is -0.900. The van der Waals surface area contributed by atoms with Gasteiger partial charge in [0.25, 0.3) is 0 Å². The van der Waals surface area contributed by atoms with Crippen LogP contribution in [-0.4, -0.2) is 18.1 Å². The fourth-order valence-corrected chi connectivity index (χ4v) is 2.12. The fraction of sp³-hybridized carbons (Fsp3) is 0.600. The van der Waals surface area contributed by atoms with Gasteiger partial charge in [-0.25, -0.2) is 4.98 Å². The molecule has 1 rings (SSSR count). The summed E-state index contributed by atoms with van der Waals surface area (Å²) in [5.41, 5.74) is 1.02. The Bertz CT molecular complexity index is 309. The molecule has 0 spiro atoms. The summed E-state index contributed by atoms with van der Waals surface area (Å²) >= 11 is 1.60. The molecule has 1 aromatic heterocycles. The van der Waals surface area contributed by atoms with Crippen molar-refractivity contribution >= 4 is 17.3 Å². The Kier molecular flexibility index (Phi) is 4.07. The molecule has 1 unspecified atom stereocenters. The van der Waals surface area contributed by atoms with Gasteiger partial charge in [-0.15, -0.1) is 11.3 Å². The molecule has 1 atom stereocenters. The van der Waals surface area contributed by atoms with E-state index in [4.69, 9.17) is 4.74 Å². The average Bonchev–Trinajstić information content (AvgIpc) is 2.59. The summed E-state index contributed by atoms with van der Waals surface area (Å²) in [6, 6.07) is 0. The molecule has 3 nitrogen and oxygen atoms in total. The van der Waals surface area contributed by atoms with Gasteiger partial charge in [-0.2, -0.15) is 0 Å². The monoisotopic (exact) mass is 213 g/mol. The molecule has 0 amide bonds. The highest BCUT2D eigenvalue weighted by atomic mass is 32.1. The Morgan fingerprint density at radius 2 is 2.43 bits per heavy atom. The smallest absolute Gasteiger partial charge is 0.309 e. The molecule has 1 heterocycles. The van der Waals surface area contributed by atoms with Crippen molar-refractivity contribution < 1.29 is 9.53 Å². The maximum Gasteiger partial charge on any atom is 0.309 e. The second-order valence-corrected chi connectivity index (χ2v) is 4.16. The quantitative estimate of drug-likeness (QED) is 0.720. The highest BCUT2D eigenvalue weighted by Crippen LogP contribution is 2.17. The molecule has 4 heteroatoms. The topological polar surface area (TPSA) is 39.2 Å². The van der Waals surface area contributed by atoms with Gasteiger partial charge < -0.3 is 4.74 Å². The van der Waals surface area contributed by atoms with Crippen LogP contribution < -0.4 is 0 Å². The number of rotatable bonds is 4. The van der Waals surface area contributed by atoms with Crippen molar-refractivity contribution in [2.45, 2.75) is 26.7 Å². The number of aromatic nitrogens is 1. The molecule has 0 fully saturated rings. The third kappa shape index (κ3) is 2.80. The number of hydrogen-bond acceptors (Lipinski definition) is 4. The average molecular weight is 213 g/mol. The minimum Gasteiger partial charge on any atom is -0.469 e. The van der Waals surface area contributed by atoms with Gasteiger partial charge in [-0.1, -0.05) is 6.92 Å². The lowest BCUT2D eigenvalue weighted by molar-refractivity contribution is -0.145. The number of carbonyl (C=O) groups is 1. The first-order chi connectivity index (χ1) is 6.67. The van der Waals surface area contributed by atoms with Crippen molar-refractivity contribution in [1.29, 1.82) is 0 Å². The van der Waals surface area contributed by atoms with E-state index in [0.717, 1.165) is 17.1 Å². The Morgan fingerprint density at radius 1 is 1.71 bits per heavy atom. The summed E-state index contributed by atoms with van der Waals surface area (Å²) in [6.45, 7) is 3.95. The normalized spacial score (nSPS) is 12.5. The van der Waals surface area contributed by atoms with E-state index in [0.29, 0.717) is 6.42 Å². The van der Waals surface area contributed by atoms with Gasteiger partial charge in [0, 0.05) is 17.5 Å². The molecule has 78 valence electrons. The standard InChI is InChI=1S/C10H15NO2S/c1-4-8(10(12)13-3)5-9-11-7(2)6-14-9/h6,8H,4-5H2,1-3H3. The molecular weight excluding hydrogens is 198 g/mol. The Balaban J connectivity index is 2.61. The second-order valence-electron chi connectivity index (χ2n) is 3.22. The van der Waals surface area contributed by atoms with E-state index in [1.165, 1.54) is 7.11 Å². The van der Waals surface area contributed by atoms with Crippen LogP contribution in [0.25, 0.3) is 0 Å². The zero-order valence-corrected chi connectivity index (χ0v) is 9.56. The molecule has 14 heavy (non-hydrogen) atoms. The maximum absolute atomic E-state index is 11.3. The molecule has 0 aliphatic heterocycles. The van der Waals surface area contributed by atoms with Crippen LogP contribution in [0.5, 0.6) is 0 Å². The Morgan fingerprint density at radius 3 is 2.86 bits per heavy atom. The minimum absolute atomic E-state index is 0.0504. The van der Waals surface area contributed by atoms with Gasteiger partial charge in [0.05, 0.1) is 18.0 Å². The van der Waals surface area contributed by atoms with Crippen molar-refractivity contribution in [2.75, 3.05) is 7.11 Å². The molecule has 0 bridgehead atoms. The van der Waals surface area contributed by atoms with E-state index in [-0.39, 0.29) is 11.9 Å². The first kappa shape index (κ1) is 11.2. The van der Waals surface area contributed by atoms with E-state index in [1.54, 1.807) is 11.3 Å². The van der Waals surface area contributed by atoms with Gasteiger partial charge in [0.2, 0.25) is 0 Å². The van der Waals surface area contributed by atoms with Gasteiger partial charge in [0.15, 0.2) is 0 Å². The van der Waals surface area contributed by atoms with Crippen molar-refractivity contribution in [1.82, 2.24) is 4.98 Å². The molecule has 0 radical (unpaired) electrons. The first-order valence-electron chi connectivity index (χ1n) is 4.66. The van der Waals surface area contributed by atoms with Gasteiger partial charge in [-0.05, 0) is 13.3 Å². The van der Waals surface area contributed by atoms with Crippen LogP contribution >= 0.6 is 11.3 Å². The number of methoxy groups -OCH3 is 1. The number of nitrogens with zero attached hydrogens (tertiary/aromatic N) is 1. The third-order valence-electron chi connectivity index (χ3n) is 2.11. The molecule has 0 aliphatic rings. The highest BCUT2D eigenvalue weighted by molar-refractivity contribution is 7.09. The van der Waals surface area contributed by atoms with E-state index in [2.05, 4.69) is 4.98 Å². The lowest BCUT2D eigenvalue weighted by Crippen LogP contribution is -2.17. The summed E-state index contributed by atoms with van der Waals surface area (Å²) < 4.78 is 4.72. The summed E-state index contributed by atoms with van der Waals surface area (Å²) in [4.78, 5) is 15.6. The van der Waals surface area contributed by atoms with E-state index >= 15 is 0 Å². The van der Waals surface area contributed by atoms with Crippen LogP contribution in [0.15, 0.2) is 5.38 Å².